The summed E-state index contributed by atoms with van der Waals surface area (Å²) in [5, 5.41) is 10.2. The van der Waals surface area contributed by atoms with Gasteiger partial charge in [-0.25, -0.2) is 0 Å². The zero-order valence-corrected chi connectivity index (χ0v) is 10.1. The first kappa shape index (κ1) is 12.6. The topological polar surface area (TPSA) is 80.3 Å². The Morgan fingerprint density at radius 2 is 1.76 bits per heavy atom. The summed E-state index contributed by atoms with van der Waals surface area (Å²) in [4.78, 5) is 6.29. The molecule has 0 radical (unpaired) electrons. The maximum atomic E-state index is 10.2. The Kier molecular flexibility index (Phi) is 4.20. The number of nitrogens with zero attached hydrogens (tertiary/aromatic N) is 2. The number of aliphatic hydroxyl groups is 1. The van der Waals surface area contributed by atoms with Crippen molar-refractivity contribution in [3.05, 3.63) is 0 Å². The molecule has 2 aliphatic rings. The smallest absolute Gasteiger partial charge is 0.191 e. The summed E-state index contributed by atoms with van der Waals surface area (Å²) in [6.45, 7) is 4.49. The lowest BCUT2D eigenvalue weighted by Gasteiger charge is -2.32. The van der Waals surface area contributed by atoms with Crippen LogP contribution >= 0.6 is 0 Å². The molecule has 0 unspecified atom stereocenters. The van der Waals surface area contributed by atoms with Gasteiger partial charge in [0, 0.05) is 39.1 Å². The van der Waals surface area contributed by atoms with Crippen LogP contribution in [0.5, 0.6) is 0 Å². The fourth-order valence-electron chi connectivity index (χ4n) is 2.03. The quantitative estimate of drug-likeness (QED) is 0.489. The highest BCUT2D eigenvalue weighted by molar-refractivity contribution is 5.78. The Labute approximate surface area is 101 Å². The lowest BCUT2D eigenvalue weighted by Crippen LogP contribution is -2.46. The van der Waals surface area contributed by atoms with Crippen LogP contribution in [0.25, 0.3) is 0 Å². The van der Waals surface area contributed by atoms with Crippen molar-refractivity contribution >= 4 is 5.96 Å². The molecule has 0 amide bonds. The fraction of sp³-hybridized carbons (Fsp3) is 0.909. The third-order valence-corrected chi connectivity index (χ3v) is 3.29. The third-order valence-electron chi connectivity index (χ3n) is 3.29. The molecule has 98 valence electrons. The van der Waals surface area contributed by atoms with Gasteiger partial charge in [0.15, 0.2) is 5.96 Å². The summed E-state index contributed by atoms with van der Waals surface area (Å²) < 4.78 is 10.5. The highest BCUT2D eigenvalue weighted by Gasteiger charge is 2.29. The zero-order valence-electron chi connectivity index (χ0n) is 10.1. The number of hydrogen-bond acceptors (Lipinski definition) is 4. The van der Waals surface area contributed by atoms with Gasteiger partial charge >= 0.3 is 0 Å². The molecule has 0 saturated carbocycles. The summed E-state index contributed by atoms with van der Waals surface area (Å²) in [5.41, 5.74) is 5.16. The Bertz CT molecular complexity index is 271. The number of hydrogen-bond donors (Lipinski definition) is 2. The van der Waals surface area contributed by atoms with Crippen molar-refractivity contribution in [3.63, 3.8) is 0 Å². The molecule has 2 rings (SSSR count). The number of ether oxygens (including phenoxy) is 2. The molecule has 2 aliphatic heterocycles. The first-order valence-electron chi connectivity index (χ1n) is 6.12. The van der Waals surface area contributed by atoms with Crippen molar-refractivity contribution in [1.82, 2.24) is 4.90 Å². The van der Waals surface area contributed by atoms with E-state index >= 15 is 0 Å². The molecule has 0 aromatic rings. The molecule has 2 fully saturated rings. The van der Waals surface area contributed by atoms with E-state index in [9.17, 15) is 5.11 Å². The van der Waals surface area contributed by atoms with Crippen molar-refractivity contribution < 1.29 is 14.6 Å². The van der Waals surface area contributed by atoms with E-state index in [1.165, 1.54) is 0 Å². The van der Waals surface area contributed by atoms with Gasteiger partial charge in [-0.2, -0.15) is 0 Å². The van der Waals surface area contributed by atoms with Crippen LogP contribution in [0, 0.1) is 0 Å². The molecule has 17 heavy (non-hydrogen) atoms. The van der Waals surface area contributed by atoms with Crippen molar-refractivity contribution in [1.29, 1.82) is 0 Å². The van der Waals surface area contributed by atoms with E-state index in [2.05, 4.69) is 4.99 Å². The Morgan fingerprint density at radius 1 is 1.18 bits per heavy atom. The molecule has 2 saturated heterocycles. The Balaban J connectivity index is 1.85. The van der Waals surface area contributed by atoms with Crippen LogP contribution in [0.15, 0.2) is 4.99 Å². The minimum Gasteiger partial charge on any atom is -0.388 e. The predicted molar refractivity (Wildman–Crippen MR) is 63.9 cm³/mol. The van der Waals surface area contributed by atoms with Gasteiger partial charge in [0.1, 0.15) is 0 Å². The van der Waals surface area contributed by atoms with Gasteiger partial charge in [-0.3, -0.25) is 4.99 Å². The summed E-state index contributed by atoms with van der Waals surface area (Å²) >= 11 is 0. The molecular formula is C11H21N3O3. The number of morpholine rings is 1. The molecule has 0 atom stereocenters. The van der Waals surface area contributed by atoms with E-state index < -0.39 is 5.60 Å². The average molecular weight is 243 g/mol. The predicted octanol–water partition coefficient (Wildman–Crippen LogP) is -0.825. The monoisotopic (exact) mass is 243 g/mol. The van der Waals surface area contributed by atoms with E-state index in [0.29, 0.717) is 51.8 Å². The minimum atomic E-state index is -0.741. The van der Waals surface area contributed by atoms with Crippen LogP contribution in [-0.4, -0.2) is 67.6 Å². The molecular weight excluding hydrogens is 222 g/mol. The second-order valence-corrected chi connectivity index (χ2v) is 4.61. The van der Waals surface area contributed by atoms with Crippen molar-refractivity contribution in [3.8, 4) is 0 Å². The Morgan fingerprint density at radius 3 is 2.41 bits per heavy atom. The van der Waals surface area contributed by atoms with E-state index in [0.717, 1.165) is 13.1 Å². The average Bonchev–Trinajstić information content (AvgIpc) is 2.38. The molecule has 0 aromatic heterocycles. The minimum absolute atomic E-state index is 0.361. The lowest BCUT2D eigenvalue weighted by molar-refractivity contribution is -0.0567. The van der Waals surface area contributed by atoms with E-state index in [4.69, 9.17) is 15.2 Å². The van der Waals surface area contributed by atoms with Crippen LogP contribution < -0.4 is 5.73 Å². The summed E-state index contributed by atoms with van der Waals surface area (Å²) in [6, 6.07) is 0. The SMILES string of the molecule is NC(=NCC1(O)CCOCC1)N1CCOCC1. The fourth-order valence-corrected chi connectivity index (χ4v) is 2.03. The Hall–Kier alpha value is -0.850. The van der Waals surface area contributed by atoms with Crippen LogP contribution in [-0.2, 0) is 9.47 Å². The maximum absolute atomic E-state index is 10.2. The van der Waals surface area contributed by atoms with Crippen molar-refractivity contribution in [2.24, 2.45) is 10.7 Å². The van der Waals surface area contributed by atoms with Gasteiger partial charge in [0.05, 0.1) is 25.4 Å². The molecule has 2 heterocycles. The second kappa shape index (κ2) is 5.66. The number of nitrogens with two attached hydrogens (primary N) is 1. The number of aliphatic imine (C=N–C) groups is 1. The van der Waals surface area contributed by atoms with E-state index in [-0.39, 0.29) is 0 Å². The summed E-state index contributed by atoms with van der Waals surface area (Å²) in [6.07, 6.45) is 1.26. The molecule has 6 heteroatoms. The van der Waals surface area contributed by atoms with Crippen molar-refractivity contribution in [2.75, 3.05) is 46.1 Å². The molecule has 0 bridgehead atoms. The molecule has 6 nitrogen and oxygen atoms in total. The second-order valence-electron chi connectivity index (χ2n) is 4.61. The highest BCUT2D eigenvalue weighted by atomic mass is 16.5. The lowest BCUT2D eigenvalue weighted by atomic mass is 9.95. The largest absolute Gasteiger partial charge is 0.388 e. The van der Waals surface area contributed by atoms with Crippen molar-refractivity contribution in [2.45, 2.75) is 18.4 Å². The van der Waals surface area contributed by atoms with Crippen LogP contribution in [0.2, 0.25) is 0 Å². The first-order chi connectivity index (χ1) is 8.20. The third kappa shape index (κ3) is 3.55. The normalized spacial score (nSPS) is 25.9. The van der Waals surface area contributed by atoms with Gasteiger partial charge < -0.3 is 25.2 Å². The summed E-state index contributed by atoms with van der Waals surface area (Å²) in [7, 11) is 0. The van der Waals surface area contributed by atoms with Gasteiger partial charge in [-0.05, 0) is 0 Å². The first-order valence-corrected chi connectivity index (χ1v) is 6.12. The van der Waals surface area contributed by atoms with Crippen LogP contribution in [0.3, 0.4) is 0 Å². The zero-order chi connectivity index (χ0) is 12.1. The molecule has 0 aliphatic carbocycles. The van der Waals surface area contributed by atoms with E-state index in [1.807, 2.05) is 4.90 Å². The van der Waals surface area contributed by atoms with Gasteiger partial charge in [0.25, 0.3) is 0 Å². The van der Waals surface area contributed by atoms with Gasteiger partial charge in [-0.15, -0.1) is 0 Å². The van der Waals surface area contributed by atoms with Crippen LogP contribution in [0.4, 0.5) is 0 Å². The highest BCUT2D eigenvalue weighted by Crippen LogP contribution is 2.20. The maximum Gasteiger partial charge on any atom is 0.191 e. The molecule has 0 aromatic carbocycles. The van der Waals surface area contributed by atoms with Gasteiger partial charge in [-0.1, -0.05) is 0 Å². The standard InChI is InChI=1S/C11H21N3O3/c12-10(14-3-7-17-8-4-14)13-9-11(15)1-5-16-6-2-11/h15H,1-9H2,(H2,12,13). The van der Waals surface area contributed by atoms with E-state index in [1.54, 1.807) is 0 Å². The molecule has 0 spiro atoms. The van der Waals surface area contributed by atoms with Gasteiger partial charge in [0.2, 0.25) is 0 Å². The number of guanidine groups is 1. The number of rotatable bonds is 2. The van der Waals surface area contributed by atoms with Crippen LogP contribution in [0.1, 0.15) is 12.8 Å². The molecule has 3 N–H and O–H groups in total. The summed E-state index contributed by atoms with van der Waals surface area (Å²) in [5.74, 6) is 0.508.